The first kappa shape index (κ1) is 46.6. The van der Waals surface area contributed by atoms with Gasteiger partial charge in [0.1, 0.15) is 5.78 Å². The van der Waals surface area contributed by atoms with Gasteiger partial charge in [-0.3, -0.25) is 28.8 Å². The number of nitrogens with one attached hydrogen (secondary N) is 4. The Labute approximate surface area is 340 Å². The standard InChI is InChI=1S/C41H60F6N4O8/c1-21(52)30-16-10-24(18-32(30)37(56)57)39(40(42,43)44,41(45,46)47)25-11-17-31(33(19-25)38(58)59)36(55)49-27-14-8-23(9-15-27)35(54)51-29-5-3-4-28(20-29)50-34(53)22-6-12-26(48-2)13-7-22/h22-33,48H,3-20H2,1-2H3,(H,49,55)(H,50,53)(H,51,54)(H,56,57)(H,58,59). The molecule has 18 heteroatoms. The molecule has 0 radical (unpaired) electrons. The van der Waals surface area contributed by atoms with Crippen molar-refractivity contribution in [3.05, 3.63) is 0 Å². The zero-order valence-electron chi connectivity index (χ0n) is 33.8. The molecule has 0 aromatic rings. The summed E-state index contributed by atoms with van der Waals surface area (Å²) in [6.45, 7) is 1.04. The largest absolute Gasteiger partial charge is 0.481 e. The van der Waals surface area contributed by atoms with Crippen LogP contribution in [0.3, 0.4) is 0 Å². The van der Waals surface area contributed by atoms with Crippen LogP contribution in [0.15, 0.2) is 0 Å². The lowest BCUT2D eigenvalue weighted by atomic mass is 9.53. The van der Waals surface area contributed by atoms with Crippen molar-refractivity contribution in [1.29, 1.82) is 0 Å². The number of carboxylic acids is 2. The molecule has 5 fully saturated rings. The first-order valence-electron chi connectivity index (χ1n) is 21.4. The van der Waals surface area contributed by atoms with Crippen molar-refractivity contribution >= 4 is 35.4 Å². The molecule has 0 aliphatic heterocycles. The van der Waals surface area contributed by atoms with Crippen molar-refractivity contribution in [3.8, 4) is 0 Å². The van der Waals surface area contributed by atoms with E-state index in [4.69, 9.17) is 0 Å². The molecular weight excluding hydrogens is 790 g/mol. The zero-order chi connectivity index (χ0) is 43.4. The van der Waals surface area contributed by atoms with Crippen LogP contribution in [-0.4, -0.2) is 89.2 Å². The summed E-state index contributed by atoms with van der Waals surface area (Å²) < 4.78 is 90.5. The highest BCUT2D eigenvalue weighted by Crippen LogP contribution is 2.66. The van der Waals surface area contributed by atoms with Gasteiger partial charge in [0, 0.05) is 41.9 Å². The second kappa shape index (κ2) is 19.1. The van der Waals surface area contributed by atoms with E-state index >= 15 is 26.3 Å². The second-order valence-electron chi connectivity index (χ2n) is 18.1. The number of carbonyl (C=O) groups is 6. The Bertz CT molecular complexity index is 1530. The summed E-state index contributed by atoms with van der Waals surface area (Å²) in [5, 5.41) is 32.2. The molecule has 0 spiro atoms. The quantitative estimate of drug-likeness (QED) is 0.130. The number of aliphatic carboxylic acids is 2. The number of carbonyl (C=O) groups excluding carboxylic acids is 4. The predicted octanol–water partition coefficient (Wildman–Crippen LogP) is 5.92. The van der Waals surface area contributed by atoms with E-state index in [0.29, 0.717) is 38.1 Å². The highest BCUT2D eigenvalue weighted by atomic mass is 19.4. The van der Waals surface area contributed by atoms with E-state index in [9.17, 15) is 39.0 Å². The number of hydrogen-bond donors (Lipinski definition) is 6. The molecule has 59 heavy (non-hydrogen) atoms. The van der Waals surface area contributed by atoms with Crippen molar-refractivity contribution in [2.75, 3.05) is 7.05 Å². The van der Waals surface area contributed by atoms with E-state index in [2.05, 4.69) is 21.3 Å². The van der Waals surface area contributed by atoms with Gasteiger partial charge >= 0.3 is 24.3 Å². The zero-order valence-corrected chi connectivity index (χ0v) is 33.8. The minimum absolute atomic E-state index is 0.0103. The highest BCUT2D eigenvalue weighted by molar-refractivity contribution is 5.86. The van der Waals surface area contributed by atoms with Gasteiger partial charge in [0.2, 0.25) is 17.7 Å². The highest BCUT2D eigenvalue weighted by Gasteiger charge is 2.77. The Morgan fingerprint density at radius 2 is 0.881 bits per heavy atom. The van der Waals surface area contributed by atoms with Crippen molar-refractivity contribution in [1.82, 2.24) is 21.3 Å². The number of ketones is 1. The molecule has 334 valence electrons. The van der Waals surface area contributed by atoms with Gasteiger partial charge in [-0.1, -0.05) is 0 Å². The smallest absolute Gasteiger partial charge is 0.403 e. The fourth-order valence-corrected chi connectivity index (χ4v) is 11.5. The van der Waals surface area contributed by atoms with Crippen molar-refractivity contribution in [2.45, 2.75) is 159 Å². The molecule has 5 aliphatic carbocycles. The predicted molar refractivity (Wildman–Crippen MR) is 200 cm³/mol. The number of rotatable bonds is 12. The van der Waals surface area contributed by atoms with E-state index in [1.54, 1.807) is 0 Å². The SMILES string of the molecule is CNC1CCC(C(=O)NC2CCCC(NC(=O)C3CCC(NC(=O)C4CCC(C(C5CCC(C(C)=O)C(C(=O)O)C5)(C(F)(F)F)C(F)(F)F)CC4C(=O)O)CC3)C2)CC1. The molecule has 6 N–H and O–H groups in total. The van der Waals surface area contributed by atoms with Crippen molar-refractivity contribution < 1.29 is 65.3 Å². The van der Waals surface area contributed by atoms with E-state index in [1.165, 1.54) is 0 Å². The lowest BCUT2D eigenvalue weighted by Gasteiger charge is -2.52. The summed E-state index contributed by atoms with van der Waals surface area (Å²) in [5.74, 6) is -16.2. The molecule has 8 unspecified atom stereocenters. The maximum absolute atomic E-state index is 15.1. The Morgan fingerprint density at radius 1 is 0.475 bits per heavy atom. The monoisotopic (exact) mass is 850 g/mol. The molecule has 5 saturated carbocycles. The van der Waals surface area contributed by atoms with E-state index < -0.39 is 121 Å². The topological polar surface area (TPSA) is 191 Å². The van der Waals surface area contributed by atoms with Crippen LogP contribution in [0.1, 0.15) is 122 Å². The van der Waals surface area contributed by atoms with Gasteiger partial charge < -0.3 is 31.5 Å². The molecule has 3 amide bonds. The number of Topliss-reactive ketones (excluding diaryl/α,β-unsaturated/α-hetero) is 1. The average Bonchev–Trinajstić information content (AvgIpc) is 3.17. The molecule has 12 nitrogen and oxygen atoms in total. The summed E-state index contributed by atoms with van der Waals surface area (Å²) in [6, 6.07) is -0.185. The molecule has 0 aromatic carbocycles. The molecule has 0 bridgehead atoms. The van der Waals surface area contributed by atoms with Crippen LogP contribution >= 0.6 is 0 Å². The average molecular weight is 851 g/mol. The summed E-state index contributed by atoms with van der Waals surface area (Å²) >= 11 is 0. The van der Waals surface area contributed by atoms with Gasteiger partial charge in [-0.25, -0.2) is 0 Å². The molecule has 5 rings (SSSR count). The van der Waals surface area contributed by atoms with Gasteiger partial charge in [0.25, 0.3) is 0 Å². The van der Waals surface area contributed by atoms with Gasteiger partial charge in [-0.2, -0.15) is 26.3 Å². The van der Waals surface area contributed by atoms with Crippen LogP contribution in [0.4, 0.5) is 26.3 Å². The number of amides is 3. The van der Waals surface area contributed by atoms with Gasteiger partial charge in [-0.05, 0) is 141 Å². The third kappa shape index (κ3) is 10.4. The second-order valence-corrected chi connectivity index (χ2v) is 18.1. The van der Waals surface area contributed by atoms with Gasteiger partial charge in [-0.15, -0.1) is 0 Å². The summed E-state index contributed by atoms with van der Waals surface area (Å²) in [4.78, 5) is 76.4. The number of halogens is 6. The van der Waals surface area contributed by atoms with E-state index in [-0.39, 0.29) is 35.7 Å². The van der Waals surface area contributed by atoms with Crippen LogP contribution in [0.5, 0.6) is 0 Å². The first-order chi connectivity index (χ1) is 27.7. The molecule has 8 atom stereocenters. The lowest BCUT2D eigenvalue weighted by Crippen LogP contribution is -2.62. The third-order valence-corrected chi connectivity index (χ3v) is 14.7. The molecule has 5 aliphatic rings. The van der Waals surface area contributed by atoms with Crippen LogP contribution < -0.4 is 21.3 Å². The van der Waals surface area contributed by atoms with Crippen molar-refractivity contribution in [3.63, 3.8) is 0 Å². The first-order valence-corrected chi connectivity index (χ1v) is 21.4. The number of alkyl halides is 6. The Morgan fingerprint density at radius 3 is 1.29 bits per heavy atom. The summed E-state index contributed by atoms with van der Waals surface area (Å²) in [6.07, 6.45) is -8.45. The fourth-order valence-electron chi connectivity index (χ4n) is 11.5. The van der Waals surface area contributed by atoms with Crippen molar-refractivity contribution in [2.24, 2.45) is 52.8 Å². The van der Waals surface area contributed by atoms with E-state index in [0.717, 1.165) is 51.9 Å². The van der Waals surface area contributed by atoms with Crippen LogP contribution in [0.25, 0.3) is 0 Å². The van der Waals surface area contributed by atoms with Crippen LogP contribution in [0.2, 0.25) is 0 Å². The minimum Gasteiger partial charge on any atom is -0.481 e. The maximum Gasteiger partial charge on any atom is 0.403 e. The van der Waals surface area contributed by atoms with Gasteiger partial charge in [0.15, 0.2) is 5.41 Å². The number of carboxylic acid groups (broad SMARTS) is 2. The number of hydrogen-bond acceptors (Lipinski definition) is 7. The van der Waals surface area contributed by atoms with E-state index in [1.807, 2.05) is 7.05 Å². The molecule has 0 saturated heterocycles. The lowest BCUT2D eigenvalue weighted by molar-refractivity contribution is -0.383. The van der Waals surface area contributed by atoms with Gasteiger partial charge in [0.05, 0.1) is 17.8 Å². The maximum atomic E-state index is 15.1. The Balaban J connectivity index is 1.16. The Hall–Kier alpha value is -3.44. The van der Waals surface area contributed by atoms with Crippen LogP contribution in [-0.2, 0) is 28.8 Å². The molecular formula is C41H60F6N4O8. The van der Waals surface area contributed by atoms with Crippen LogP contribution in [0, 0.1) is 52.8 Å². The molecule has 0 aromatic heterocycles. The Kier molecular flexibility index (Phi) is 15.1. The fraction of sp³-hybridized carbons (Fsp3) is 0.854. The molecule has 0 heterocycles. The summed E-state index contributed by atoms with van der Waals surface area (Å²) in [5.41, 5.74) is -4.46. The normalized spacial score (nSPS) is 34.8. The summed E-state index contributed by atoms with van der Waals surface area (Å²) in [7, 11) is 1.93. The minimum atomic E-state index is -5.95. The third-order valence-electron chi connectivity index (χ3n) is 14.7.